The molecule has 0 aliphatic heterocycles. The lowest BCUT2D eigenvalue weighted by Crippen LogP contribution is -2.31. The molecule has 0 bridgehead atoms. The number of nitrogens with zero attached hydrogens (tertiary/aromatic N) is 2. The van der Waals surface area contributed by atoms with Crippen LogP contribution in [0.2, 0.25) is 5.02 Å². The number of anilines is 1. The summed E-state index contributed by atoms with van der Waals surface area (Å²) < 4.78 is 0. The van der Waals surface area contributed by atoms with Gasteiger partial charge in [0.1, 0.15) is 0 Å². The first-order valence-electron chi connectivity index (χ1n) is 10.8. The van der Waals surface area contributed by atoms with E-state index >= 15 is 0 Å². The lowest BCUT2D eigenvalue weighted by atomic mass is 9.84. The van der Waals surface area contributed by atoms with Crippen LogP contribution in [0, 0.1) is 0 Å². The highest BCUT2D eigenvalue weighted by Crippen LogP contribution is 2.34. The summed E-state index contributed by atoms with van der Waals surface area (Å²) in [5, 5.41) is 3.22. The smallest absolute Gasteiger partial charge is 0.261 e. The standard InChI is InChI=1S/C25H27ClN2OS/c1-2-16-28(24(29)21-10-6-7-11-22(21)26)25-27-23(17-30-25)20-14-12-19(13-15-20)18-8-4-3-5-9-18/h6-7,10-15,17-18H,2-5,8-9,16H2,1H3. The number of rotatable bonds is 6. The van der Waals surface area contributed by atoms with Crippen LogP contribution in [0.1, 0.15) is 67.3 Å². The second-order valence-corrected chi connectivity index (χ2v) is 9.15. The van der Waals surface area contributed by atoms with Crippen LogP contribution in [-0.2, 0) is 0 Å². The Hall–Kier alpha value is -2.17. The van der Waals surface area contributed by atoms with Gasteiger partial charge in [0.05, 0.1) is 16.3 Å². The van der Waals surface area contributed by atoms with E-state index in [-0.39, 0.29) is 5.91 Å². The van der Waals surface area contributed by atoms with E-state index in [0.717, 1.165) is 17.7 Å². The van der Waals surface area contributed by atoms with E-state index in [4.69, 9.17) is 16.6 Å². The van der Waals surface area contributed by atoms with Gasteiger partial charge in [-0.2, -0.15) is 0 Å². The molecular weight excluding hydrogens is 412 g/mol. The van der Waals surface area contributed by atoms with Crippen molar-refractivity contribution < 1.29 is 4.79 Å². The van der Waals surface area contributed by atoms with Gasteiger partial charge < -0.3 is 0 Å². The molecule has 0 N–H and O–H groups in total. The summed E-state index contributed by atoms with van der Waals surface area (Å²) >= 11 is 7.77. The fourth-order valence-electron chi connectivity index (χ4n) is 4.17. The van der Waals surface area contributed by atoms with E-state index in [0.29, 0.717) is 28.2 Å². The van der Waals surface area contributed by atoms with Gasteiger partial charge >= 0.3 is 0 Å². The number of aromatic nitrogens is 1. The van der Waals surface area contributed by atoms with Crippen LogP contribution in [0.4, 0.5) is 5.13 Å². The lowest BCUT2D eigenvalue weighted by Gasteiger charge is -2.22. The van der Waals surface area contributed by atoms with Crippen molar-refractivity contribution in [1.82, 2.24) is 4.98 Å². The van der Waals surface area contributed by atoms with Crippen LogP contribution < -0.4 is 4.90 Å². The van der Waals surface area contributed by atoms with Crippen LogP contribution >= 0.6 is 22.9 Å². The highest BCUT2D eigenvalue weighted by Gasteiger charge is 2.22. The number of thiazole rings is 1. The van der Waals surface area contributed by atoms with Gasteiger partial charge in [-0.05, 0) is 42.9 Å². The van der Waals surface area contributed by atoms with Crippen molar-refractivity contribution in [1.29, 1.82) is 0 Å². The van der Waals surface area contributed by atoms with E-state index in [1.54, 1.807) is 17.0 Å². The molecule has 1 aliphatic rings. The molecule has 0 unspecified atom stereocenters. The van der Waals surface area contributed by atoms with E-state index < -0.39 is 0 Å². The maximum Gasteiger partial charge on any atom is 0.261 e. The van der Waals surface area contributed by atoms with Crippen LogP contribution in [0.3, 0.4) is 0 Å². The van der Waals surface area contributed by atoms with Crippen molar-refractivity contribution in [3.05, 3.63) is 70.1 Å². The predicted molar refractivity (Wildman–Crippen MR) is 127 cm³/mol. The van der Waals surface area contributed by atoms with Gasteiger partial charge in [0.2, 0.25) is 0 Å². The molecule has 0 saturated heterocycles. The number of hydrogen-bond acceptors (Lipinski definition) is 3. The zero-order valence-corrected chi connectivity index (χ0v) is 18.9. The predicted octanol–water partition coefficient (Wildman–Crippen LogP) is 7.57. The monoisotopic (exact) mass is 438 g/mol. The zero-order valence-electron chi connectivity index (χ0n) is 17.3. The van der Waals surface area contributed by atoms with Crippen molar-refractivity contribution in [3.63, 3.8) is 0 Å². The summed E-state index contributed by atoms with van der Waals surface area (Å²) in [6.45, 7) is 2.67. The summed E-state index contributed by atoms with van der Waals surface area (Å²) in [5.74, 6) is 0.600. The second kappa shape index (κ2) is 9.76. The molecule has 156 valence electrons. The molecule has 0 atom stereocenters. The Morgan fingerprint density at radius 3 is 2.53 bits per heavy atom. The zero-order chi connectivity index (χ0) is 20.9. The Kier molecular flexibility index (Phi) is 6.86. The van der Waals surface area contributed by atoms with Crippen LogP contribution in [0.25, 0.3) is 11.3 Å². The Bertz CT molecular complexity index is 992. The summed E-state index contributed by atoms with van der Waals surface area (Å²) in [4.78, 5) is 19.7. The quantitative estimate of drug-likeness (QED) is 0.397. The maximum absolute atomic E-state index is 13.1. The molecule has 1 fully saturated rings. The minimum atomic E-state index is -0.101. The molecule has 2 aromatic carbocycles. The summed E-state index contributed by atoms with van der Waals surface area (Å²) in [7, 11) is 0. The third-order valence-corrected chi connectivity index (χ3v) is 7.00. The molecule has 3 nitrogen and oxygen atoms in total. The van der Waals surface area contributed by atoms with Gasteiger partial charge in [0, 0.05) is 17.5 Å². The summed E-state index contributed by atoms with van der Waals surface area (Å²) in [6.07, 6.45) is 7.51. The average Bonchev–Trinajstić information content (AvgIpc) is 3.28. The Balaban J connectivity index is 1.55. The minimum absolute atomic E-state index is 0.101. The van der Waals surface area contributed by atoms with Gasteiger partial charge in [0.25, 0.3) is 5.91 Å². The normalized spacial score (nSPS) is 14.6. The Morgan fingerprint density at radius 2 is 1.83 bits per heavy atom. The number of amides is 1. The third kappa shape index (κ3) is 4.60. The first-order chi connectivity index (χ1) is 14.7. The molecular formula is C25H27ClN2OS. The van der Waals surface area contributed by atoms with Gasteiger partial charge in [-0.3, -0.25) is 9.69 Å². The molecule has 1 aromatic heterocycles. The van der Waals surface area contributed by atoms with E-state index in [1.165, 1.54) is 49.0 Å². The largest absolute Gasteiger partial charge is 0.284 e. The first-order valence-corrected chi connectivity index (χ1v) is 12.1. The molecule has 0 radical (unpaired) electrons. The van der Waals surface area contributed by atoms with Gasteiger partial charge in [0.15, 0.2) is 5.13 Å². The van der Waals surface area contributed by atoms with Gasteiger partial charge in [-0.15, -0.1) is 11.3 Å². The molecule has 30 heavy (non-hydrogen) atoms. The fourth-order valence-corrected chi connectivity index (χ4v) is 5.25. The number of benzene rings is 2. The Morgan fingerprint density at radius 1 is 1.10 bits per heavy atom. The molecule has 1 aliphatic carbocycles. The molecule has 5 heteroatoms. The molecule has 3 aromatic rings. The highest BCUT2D eigenvalue weighted by atomic mass is 35.5. The lowest BCUT2D eigenvalue weighted by molar-refractivity contribution is 0.0987. The average molecular weight is 439 g/mol. The maximum atomic E-state index is 13.1. The van der Waals surface area contributed by atoms with Crippen LogP contribution in [-0.4, -0.2) is 17.4 Å². The SMILES string of the molecule is CCCN(C(=O)c1ccccc1Cl)c1nc(-c2ccc(C3CCCCC3)cc2)cs1. The van der Waals surface area contributed by atoms with Crippen molar-refractivity contribution in [2.24, 2.45) is 0 Å². The first kappa shape index (κ1) is 21.1. The van der Waals surface area contributed by atoms with Crippen molar-refractivity contribution in [2.45, 2.75) is 51.4 Å². The van der Waals surface area contributed by atoms with Gasteiger partial charge in [-0.1, -0.05) is 74.2 Å². The van der Waals surface area contributed by atoms with Crippen LogP contribution in [0.15, 0.2) is 53.9 Å². The van der Waals surface area contributed by atoms with Crippen LogP contribution in [0.5, 0.6) is 0 Å². The van der Waals surface area contributed by atoms with Crippen molar-refractivity contribution in [3.8, 4) is 11.3 Å². The van der Waals surface area contributed by atoms with Crippen molar-refractivity contribution in [2.75, 3.05) is 11.4 Å². The molecule has 1 amide bonds. The number of carbonyl (C=O) groups excluding carboxylic acids is 1. The molecule has 0 spiro atoms. The minimum Gasteiger partial charge on any atom is -0.284 e. The molecule has 1 heterocycles. The molecule has 1 saturated carbocycles. The van der Waals surface area contributed by atoms with E-state index in [9.17, 15) is 4.79 Å². The number of halogens is 1. The topological polar surface area (TPSA) is 33.2 Å². The molecule has 4 rings (SSSR count). The Labute approximate surface area is 187 Å². The van der Waals surface area contributed by atoms with E-state index in [2.05, 4.69) is 31.2 Å². The van der Waals surface area contributed by atoms with E-state index in [1.807, 2.05) is 17.5 Å². The van der Waals surface area contributed by atoms with Crippen molar-refractivity contribution >= 4 is 34.0 Å². The third-order valence-electron chi connectivity index (χ3n) is 5.80. The van der Waals surface area contributed by atoms with Gasteiger partial charge in [-0.25, -0.2) is 4.98 Å². The summed E-state index contributed by atoms with van der Waals surface area (Å²) in [5.41, 5.74) is 3.97. The number of carbonyl (C=O) groups is 1. The summed E-state index contributed by atoms with van der Waals surface area (Å²) in [6, 6.07) is 16.0. The highest BCUT2D eigenvalue weighted by molar-refractivity contribution is 7.14. The fraction of sp³-hybridized carbons (Fsp3) is 0.360. The second-order valence-electron chi connectivity index (χ2n) is 7.91. The number of hydrogen-bond donors (Lipinski definition) is 0.